The molecule has 1 aromatic carbocycles. The number of nitrogens with one attached hydrogen (secondary N) is 2. The van der Waals surface area contributed by atoms with Gasteiger partial charge >= 0.3 is 6.03 Å². The Morgan fingerprint density at radius 1 is 1.31 bits per heavy atom. The average molecular weight is 222 g/mol. The molecule has 1 saturated carbocycles. The Kier molecular flexibility index (Phi) is 3.39. The molecule has 4 heteroatoms. The third kappa shape index (κ3) is 2.95. The van der Waals surface area contributed by atoms with Crippen LogP contribution in [0.15, 0.2) is 24.3 Å². The summed E-state index contributed by atoms with van der Waals surface area (Å²) < 4.78 is 12.6. The standard InChI is InChI=1S/C12H15FN2O/c13-10-6-4-9(5-7-10)8-14-12(16)15-11-2-1-3-11/h4-7,11H,1-3,8H2,(H2,14,15,16). The largest absolute Gasteiger partial charge is 0.335 e. The molecular formula is C12H15FN2O. The topological polar surface area (TPSA) is 41.1 Å². The highest BCUT2D eigenvalue weighted by molar-refractivity contribution is 5.74. The van der Waals surface area contributed by atoms with Crippen LogP contribution in [-0.4, -0.2) is 12.1 Å². The first kappa shape index (κ1) is 10.9. The number of rotatable bonds is 3. The summed E-state index contributed by atoms with van der Waals surface area (Å²) in [4.78, 5) is 11.4. The maximum absolute atomic E-state index is 12.6. The predicted octanol–water partition coefficient (Wildman–Crippen LogP) is 2.18. The summed E-state index contributed by atoms with van der Waals surface area (Å²) in [5, 5.41) is 5.62. The number of hydrogen-bond acceptors (Lipinski definition) is 1. The molecule has 0 aliphatic heterocycles. The summed E-state index contributed by atoms with van der Waals surface area (Å²) in [7, 11) is 0. The van der Waals surface area contributed by atoms with Crippen molar-refractivity contribution in [3.8, 4) is 0 Å². The molecule has 0 unspecified atom stereocenters. The molecule has 0 heterocycles. The van der Waals surface area contributed by atoms with Crippen molar-refractivity contribution in [1.29, 1.82) is 0 Å². The first-order chi connectivity index (χ1) is 7.74. The molecule has 1 fully saturated rings. The fourth-order valence-electron chi connectivity index (χ4n) is 1.57. The van der Waals surface area contributed by atoms with Crippen molar-refractivity contribution in [3.63, 3.8) is 0 Å². The van der Waals surface area contributed by atoms with Gasteiger partial charge in [0.15, 0.2) is 0 Å². The van der Waals surface area contributed by atoms with Crippen molar-refractivity contribution >= 4 is 6.03 Å². The summed E-state index contributed by atoms with van der Waals surface area (Å²) in [6, 6.07) is 6.31. The van der Waals surface area contributed by atoms with Crippen LogP contribution in [0.3, 0.4) is 0 Å². The van der Waals surface area contributed by atoms with Gasteiger partial charge in [0.1, 0.15) is 5.82 Å². The van der Waals surface area contributed by atoms with E-state index in [0.29, 0.717) is 12.6 Å². The van der Waals surface area contributed by atoms with Gasteiger partial charge in [-0.2, -0.15) is 0 Å². The van der Waals surface area contributed by atoms with E-state index in [1.54, 1.807) is 12.1 Å². The quantitative estimate of drug-likeness (QED) is 0.808. The molecular weight excluding hydrogens is 207 g/mol. The van der Waals surface area contributed by atoms with Crippen LogP contribution in [0.4, 0.5) is 9.18 Å². The third-order valence-electron chi connectivity index (χ3n) is 2.81. The third-order valence-corrected chi connectivity index (χ3v) is 2.81. The van der Waals surface area contributed by atoms with Gasteiger partial charge in [-0.3, -0.25) is 0 Å². The predicted molar refractivity (Wildman–Crippen MR) is 59.4 cm³/mol. The van der Waals surface area contributed by atoms with Gasteiger partial charge in [-0.1, -0.05) is 12.1 Å². The fraction of sp³-hybridized carbons (Fsp3) is 0.417. The molecule has 0 radical (unpaired) electrons. The van der Waals surface area contributed by atoms with Crippen LogP contribution in [0.5, 0.6) is 0 Å². The number of carbonyl (C=O) groups excluding carboxylic acids is 1. The molecule has 1 aliphatic rings. The van der Waals surface area contributed by atoms with Gasteiger partial charge in [0.05, 0.1) is 0 Å². The number of carbonyl (C=O) groups is 1. The van der Waals surface area contributed by atoms with Gasteiger partial charge in [0.2, 0.25) is 0 Å². The van der Waals surface area contributed by atoms with E-state index in [9.17, 15) is 9.18 Å². The van der Waals surface area contributed by atoms with E-state index in [4.69, 9.17) is 0 Å². The number of urea groups is 1. The summed E-state index contributed by atoms with van der Waals surface area (Å²) >= 11 is 0. The van der Waals surface area contributed by atoms with E-state index in [0.717, 1.165) is 18.4 Å². The van der Waals surface area contributed by atoms with Crippen LogP contribution >= 0.6 is 0 Å². The second-order valence-corrected chi connectivity index (χ2v) is 4.08. The molecule has 0 aromatic heterocycles. The zero-order chi connectivity index (χ0) is 11.4. The Morgan fingerprint density at radius 3 is 2.56 bits per heavy atom. The first-order valence-electron chi connectivity index (χ1n) is 5.53. The molecule has 0 bridgehead atoms. The molecule has 0 spiro atoms. The summed E-state index contributed by atoms with van der Waals surface area (Å²) in [6.45, 7) is 0.429. The van der Waals surface area contributed by atoms with Gasteiger partial charge in [-0.15, -0.1) is 0 Å². The van der Waals surface area contributed by atoms with Gasteiger partial charge in [-0.05, 0) is 37.0 Å². The van der Waals surface area contributed by atoms with E-state index in [-0.39, 0.29) is 11.8 Å². The number of benzene rings is 1. The molecule has 86 valence electrons. The van der Waals surface area contributed by atoms with E-state index in [1.165, 1.54) is 18.6 Å². The van der Waals surface area contributed by atoms with Gasteiger partial charge in [0.25, 0.3) is 0 Å². The van der Waals surface area contributed by atoms with Crippen LogP contribution in [-0.2, 0) is 6.54 Å². The smallest absolute Gasteiger partial charge is 0.315 e. The number of halogens is 1. The SMILES string of the molecule is O=C(NCc1ccc(F)cc1)NC1CCC1. The number of amides is 2. The Bertz CT molecular complexity index is 360. The second-order valence-electron chi connectivity index (χ2n) is 4.08. The van der Waals surface area contributed by atoms with Crippen LogP contribution in [0.1, 0.15) is 24.8 Å². The first-order valence-corrected chi connectivity index (χ1v) is 5.53. The van der Waals surface area contributed by atoms with Gasteiger partial charge in [-0.25, -0.2) is 9.18 Å². The van der Waals surface area contributed by atoms with E-state index >= 15 is 0 Å². The molecule has 1 aromatic rings. The summed E-state index contributed by atoms with van der Waals surface area (Å²) in [5.41, 5.74) is 0.894. The molecule has 1 aliphatic carbocycles. The van der Waals surface area contributed by atoms with Crippen molar-refractivity contribution in [2.24, 2.45) is 0 Å². The highest BCUT2D eigenvalue weighted by Crippen LogP contribution is 2.17. The zero-order valence-corrected chi connectivity index (χ0v) is 9.00. The van der Waals surface area contributed by atoms with Crippen molar-refractivity contribution in [2.45, 2.75) is 31.8 Å². The van der Waals surface area contributed by atoms with Crippen molar-refractivity contribution in [3.05, 3.63) is 35.6 Å². The minimum Gasteiger partial charge on any atom is -0.335 e. The summed E-state index contributed by atoms with van der Waals surface area (Å²) in [6.07, 6.45) is 3.34. The van der Waals surface area contributed by atoms with Gasteiger partial charge < -0.3 is 10.6 Å². The lowest BCUT2D eigenvalue weighted by Crippen LogP contribution is -2.44. The maximum Gasteiger partial charge on any atom is 0.315 e. The summed E-state index contributed by atoms with van der Waals surface area (Å²) in [5.74, 6) is -0.261. The Morgan fingerprint density at radius 2 is 2.00 bits per heavy atom. The van der Waals surface area contributed by atoms with Gasteiger partial charge in [0, 0.05) is 12.6 Å². The highest BCUT2D eigenvalue weighted by atomic mass is 19.1. The van der Waals surface area contributed by atoms with Crippen LogP contribution < -0.4 is 10.6 Å². The minimum atomic E-state index is -0.261. The molecule has 3 nitrogen and oxygen atoms in total. The number of hydrogen-bond donors (Lipinski definition) is 2. The molecule has 16 heavy (non-hydrogen) atoms. The second kappa shape index (κ2) is 4.96. The molecule has 0 saturated heterocycles. The molecule has 2 rings (SSSR count). The van der Waals surface area contributed by atoms with Crippen LogP contribution in [0.25, 0.3) is 0 Å². The van der Waals surface area contributed by atoms with Crippen molar-refractivity contribution < 1.29 is 9.18 Å². The van der Waals surface area contributed by atoms with E-state index < -0.39 is 0 Å². The molecule has 0 atom stereocenters. The maximum atomic E-state index is 12.6. The monoisotopic (exact) mass is 222 g/mol. The normalized spacial score (nSPS) is 15.3. The van der Waals surface area contributed by atoms with Crippen LogP contribution in [0.2, 0.25) is 0 Å². The lowest BCUT2D eigenvalue weighted by molar-refractivity contribution is 0.228. The van der Waals surface area contributed by atoms with E-state index in [1.807, 2.05) is 0 Å². The Labute approximate surface area is 94.0 Å². The van der Waals surface area contributed by atoms with E-state index in [2.05, 4.69) is 10.6 Å². The van der Waals surface area contributed by atoms with Crippen LogP contribution in [0, 0.1) is 5.82 Å². The zero-order valence-electron chi connectivity index (χ0n) is 9.00. The lowest BCUT2D eigenvalue weighted by atomic mass is 9.93. The lowest BCUT2D eigenvalue weighted by Gasteiger charge is -2.26. The van der Waals surface area contributed by atoms with Crippen molar-refractivity contribution in [1.82, 2.24) is 10.6 Å². The minimum absolute atomic E-state index is 0.144. The molecule has 2 N–H and O–H groups in total. The molecule has 2 amide bonds. The Hall–Kier alpha value is -1.58. The highest BCUT2D eigenvalue weighted by Gasteiger charge is 2.18. The fourth-order valence-corrected chi connectivity index (χ4v) is 1.57. The average Bonchev–Trinajstić information content (AvgIpc) is 2.23. The van der Waals surface area contributed by atoms with Crippen molar-refractivity contribution in [2.75, 3.05) is 0 Å². The Balaban J connectivity index is 1.73.